The molecule has 5 rings (SSSR count). The largest absolute Gasteiger partial charge is 0.368 e. The molecular formula is C27H22ClN9O9S3. The van der Waals surface area contributed by atoms with E-state index in [-0.39, 0.29) is 33.9 Å². The van der Waals surface area contributed by atoms with Gasteiger partial charge in [0.1, 0.15) is 10.6 Å². The summed E-state index contributed by atoms with van der Waals surface area (Å²) in [6.45, 7) is 3.28. The second kappa shape index (κ2) is 13.1. The molecule has 1 heterocycles. The van der Waals surface area contributed by atoms with E-state index < -0.39 is 50.7 Å². The first-order valence-corrected chi connectivity index (χ1v) is 18.0. The summed E-state index contributed by atoms with van der Waals surface area (Å²) < 4.78 is 99.2. The van der Waals surface area contributed by atoms with Gasteiger partial charge in [-0.3, -0.25) is 13.7 Å². The van der Waals surface area contributed by atoms with Crippen LogP contribution in [0.4, 0.5) is 40.3 Å². The zero-order chi connectivity index (χ0) is 35.9. The molecule has 0 spiro atoms. The van der Waals surface area contributed by atoms with Gasteiger partial charge in [-0.15, -0.1) is 10.2 Å². The number of aryl methyl sites for hydroxylation is 2. The summed E-state index contributed by atoms with van der Waals surface area (Å²) in [5.41, 5.74) is 7.25. The van der Waals surface area contributed by atoms with E-state index >= 15 is 0 Å². The summed E-state index contributed by atoms with van der Waals surface area (Å²) in [7, 11) is -14.2. The lowest BCUT2D eigenvalue weighted by molar-refractivity contribution is 0.478. The summed E-state index contributed by atoms with van der Waals surface area (Å²) in [5.74, 6) is -0.131. The van der Waals surface area contributed by atoms with E-state index in [9.17, 15) is 38.9 Å². The number of aromatic nitrogens is 3. The Kier molecular flexibility index (Phi) is 9.44. The number of nitrogen functional groups attached to an aromatic ring is 1. The van der Waals surface area contributed by atoms with Crippen LogP contribution < -0.4 is 11.1 Å². The van der Waals surface area contributed by atoms with E-state index in [4.69, 9.17) is 17.3 Å². The van der Waals surface area contributed by atoms with Crippen LogP contribution in [0.15, 0.2) is 95.8 Å². The molecule has 4 aromatic carbocycles. The Morgan fingerprint density at radius 2 is 1.18 bits per heavy atom. The lowest BCUT2D eigenvalue weighted by atomic mass is 10.1. The van der Waals surface area contributed by atoms with Crippen LogP contribution >= 0.6 is 11.6 Å². The molecule has 0 saturated carbocycles. The summed E-state index contributed by atoms with van der Waals surface area (Å²) in [6, 6.07) is 12.3. The van der Waals surface area contributed by atoms with Crippen molar-refractivity contribution in [1.29, 1.82) is 0 Å². The van der Waals surface area contributed by atoms with Crippen LogP contribution in [0.5, 0.6) is 0 Å². The predicted octanol–water partition coefficient (Wildman–Crippen LogP) is 6.19. The number of benzene rings is 4. The fourth-order valence-electron chi connectivity index (χ4n) is 4.38. The number of nitrogens with one attached hydrogen (secondary N) is 1. The average molecular weight is 748 g/mol. The second-order valence-corrected chi connectivity index (χ2v) is 14.7. The van der Waals surface area contributed by atoms with Crippen LogP contribution in [0.2, 0.25) is 5.28 Å². The number of fused-ring (bicyclic) bond motifs is 1. The highest BCUT2D eigenvalue weighted by Crippen LogP contribution is 2.37. The molecular weight excluding hydrogens is 726 g/mol. The molecule has 0 aliphatic heterocycles. The molecule has 0 atom stereocenters. The van der Waals surface area contributed by atoms with E-state index in [1.54, 1.807) is 26.0 Å². The minimum Gasteiger partial charge on any atom is -0.368 e. The van der Waals surface area contributed by atoms with Gasteiger partial charge in [-0.2, -0.15) is 50.4 Å². The number of rotatable bonds is 9. The van der Waals surface area contributed by atoms with Gasteiger partial charge in [0, 0.05) is 16.5 Å². The third kappa shape index (κ3) is 8.17. The van der Waals surface area contributed by atoms with Crippen molar-refractivity contribution < 1.29 is 38.9 Å². The monoisotopic (exact) mass is 747 g/mol. The highest BCUT2D eigenvalue weighted by molar-refractivity contribution is 7.86. The van der Waals surface area contributed by atoms with Gasteiger partial charge in [0.15, 0.2) is 0 Å². The molecule has 5 aromatic rings. The standard InChI is InChI=1S/C27H22ClN9O9S3/c1-13-10-22(36-37-23-12-16(48(41,42)43)4-8-24(23)49(44,45)46)14(2)9-21(13)35-34-20-7-6-19(30-27-32-25(28)31-26(29)33-27)17-5-3-15(11-18(17)20)47(38,39)40/h3-12H,1-2H3,(H,38,39,40)(H,41,42,43)(H,44,45,46)(H3,29,30,31,32,33). The molecule has 0 aliphatic carbocycles. The Hall–Kier alpha value is -5.03. The smallest absolute Gasteiger partial charge is 0.296 e. The zero-order valence-electron chi connectivity index (χ0n) is 24.9. The van der Waals surface area contributed by atoms with Crippen molar-refractivity contribution in [1.82, 2.24) is 15.0 Å². The molecule has 0 aliphatic rings. The van der Waals surface area contributed by atoms with E-state index in [1.807, 2.05) is 0 Å². The number of anilines is 3. The molecule has 254 valence electrons. The van der Waals surface area contributed by atoms with Gasteiger partial charge in [-0.25, -0.2) is 0 Å². The minimum atomic E-state index is -4.84. The van der Waals surface area contributed by atoms with Crippen molar-refractivity contribution in [3.63, 3.8) is 0 Å². The Morgan fingerprint density at radius 1 is 0.633 bits per heavy atom. The third-order valence-electron chi connectivity index (χ3n) is 6.69. The Morgan fingerprint density at radius 3 is 1.76 bits per heavy atom. The molecule has 0 unspecified atom stereocenters. The van der Waals surface area contributed by atoms with Crippen molar-refractivity contribution in [2.75, 3.05) is 11.1 Å². The first-order chi connectivity index (χ1) is 22.8. The first-order valence-electron chi connectivity index (χ1n) is 13.3. The summed E-state index contributed by atoms with van der Waals surface area (Å²) in [4.78, 5) is 9.82. The topological polar surface area (TPSA) is 289 Å². The predicted molar refractivity (Wildman–Crippen MR) is 177 cm³/mol. The van der Waals surface area contributed by atoms with Crippen LogP contribution in [0, 0.1) is 13.8 Å². The quantitative estimate of drug-likeness (QED) is 0.0830. The van der Waals surface area contributed by atoms with Crippen LogP contribution in [-0.2, 0) is 30.4 Å². The summed E-state index contributed by atoms with van der Waals surface area (Å²) in [5, 5.41) is 19.9. The van der Waals surface area contributed by atoms with Crippen LogP contribution in [0.3, 0.4) is 0 Å². The summed E-state index contributed by atoms with van der Waals surface area (Å²) in [6.07, 6.45) is 0. The van der Waals surface area contributed by atoms with E-state index in [0.29, 0.717) is 27.9 Å². The molecule has 0 amide bonds. The Bertz CT molecular complexity index is 2550. The fourth-order valence-corrected chi connectivity index (χ4v) is 6.16. The fraction of sp³-hybridized carbons (Fsp3) is 0.0741. The van der Waals surface area contributed by atoms with Crippen molar-refractivity contribution in [3.05, 3.63) is 77.1 Å². The van der Waals surface area contributed by atoms with Gasteiger partial charge in [0.25, 0.3) is 30.4 Å². The van der Waals surface area contributed by atoms with Gasteiger partial charge < -0.3 is 11.1 Å². The van der Waals surface area contributed by atoms with E-state index in [2.05, 4.69) is 40.7 Å². The van der Waals surface area contributed by atoms with Crippen LogP contribution in [0.1, 0.15) is 11.1 Å². The molecule has 0 saturated heterocycles. The number of nitrogens with zero attached hydrogens (tertiary/aromatic N) is 7. The van der Waals surface area contributed by atoms with Crippen molar-refractivity contribution in [2.45, 2.75) is 28.5 Å². The molecule has 6 N–H and O–H groups in total. The van der Waals surface area contributed by atoms with E-state index in [1.165, 1.54) is 30.3 Å². The number of nitrogens with two attached hydrogens (primary N) is 1. The number of azo groups is 2. The SMILES string of the molecule is Cc1cc(N=Nc2ccc(Nc3nc(N)nc(Cl)n3)c3ccc(S(=O)(=O)O)cc23)c(C)cc1N=Nc1cc(S(=O)(=O)O)ccc1S(=O)(=O)O. The first kappa shape index (κ1) is 35.3. The maximum atomic E-state index is 11.9. The van der Waals surface area contributed by atoms with Crippen LogP contribution in [0.25, 0.3) is 10.8 Å². The third-order valence-corrected chi connectivity index (χ3v) is 9.46. The second-order valence-electron chi connectivity index (χ2n) is 10.1. The number of halogens is 1. The number of hydrogen-bond donors (Lipinski definition) is 5. The molecule has 18 nitrogen and oxygen atoms in total. The van der Waals surface area contributed by atoms with Crippen molar-refractivity contribution in [2.24, 2.45) is 20.5 Å². The molecule has 0 radical (unpaired) electrons. The molecule has 0 fully saturated rings. The highest BCUT2D eigenvalue weighted by Gasteiger charge is 2.20. The zero-order valence-corrected chi connectivity index (χ0v) is 28.1. The average Bonchev–Trinajstić information content (AvgIpc) is 2.99. The Balaban J connectivity index is 1.53. The van der Waals surface area contributed by atoms with Crippen molar-refractivity contribution in [3.8, 4) is 0 Å². The van der Waals surface area contributed by atoms with Gasteiger partial charge >= 0.3 is 0 Å². The number of hydrogen-bond acceptors (Lipinski definition) is 15. The van der Waals surface area contributed by atoms with Crippen molar-refractivity contribution >= 4 is 93.1 Å². The van der Waals surface area contributed by atoms with Gasteiger partial charge in [-0.05, 0) is 91.2 Å². The van der Waals surface area contributed by atoms with Gasteiger partial charge in [0.2, 0.25) is 17.2 Å². The summed E-state index contributed by atoms with van der Waals surface area (Å²) >= 11 is 5.88. The molecule has 22 heteroatoms. The van der Waals surface area contributed by atoms with Gasteiger partial charge in [-0.1, -0.05) is 6.07 Å². The lowest BCUT2D eigenvalue weighted by Gasteiger charge is -2.11. The van der Waals surface area contributed by atoms with E-state index in [0.717, 1.165) is 18.2 Å². The maximum Gasteiger partial charge on any atom is 0.296 e. The molecule has 49 heavy (non-hydrogen) atoms. The normalized spacial score (nSPS) is 12.7. The highest BCUT2D eigenvalue weighted by atomic mass is 35.5. The molecule has 0 bridgehead atoms. The molecule has 1 aromatic heterocycles. The van der Waals surface area contributed by atoms with Crippen LogP contribution in [-0.4, -0.2) is 53.9 Å². The maximum absolute atomic E-state index is 11.9. The minimum absolute atomic E-state index is 0.00992. The van der Waals surface area contributed by atoms with Gasteiger partial charge in [0.05, 0.1) is 26.9 Å². The Labute approximate surface area is 283 Å². The lowest BCUT2D eigenvalue weighted by Crippen LogP contribution is -2.04.